The minimum absolute atomic E-state index is 0.291. The first-order chi connectivity index (χ1) is 13.9. The van der Waals surface area contributed by atoms with Crippen molar-refractivity contribution in [2.75, 3.05) is 17.7 Å². The summed E-state index contributed by atoms with van der Waals surface area (Å²) in [5.74, 6) is -0.118. The molecule has 0 spiro atoms. The van der Waals surface area contributed by atoms with Crippen LogP contribution in [0.15, 0.2) is 54.7 Å². The van der Waals surface area contributed by atoms with Crippen LogP contribution < -0.4 is 15.4 Å². The van der Waals surface area contributed by atoms with Crippen molar-refractivity contribution in [2.45, 2.75) is 19.9 Å². The Morgan fingerprint density at radius 2 is 1.83 bits per heavy atom. The van der Waals surface area contributed by atoms with Crippen LogP contribution in [0.3, 0.4) is 0 Å². The Morgan fingerprint density at radius 1 is 1.10 bits per heavy atom. The van der Waals surface area contributed by atoms with Gasteiger partial charge in [0.25, 0.3) is 0 Å². The van der Waals surface area contributed by atoms with E-state index < -0.39 is 11.8 Å². The highest BCUT2D eigenvalue weighted by Gasteiger charge is 2.15. The lowest BCUT2D eigenvalue weighted by atomic mass is 10.2. The zero-order valence-electron chi connectivity index (χ0n) is 16.1. The second kappa shape index (κ2) is 9.01. The van der Waals surface area contributed by atoms with E-state index in [2.05, 4.69) is 15.7 Å². The summed E-state index contributed by atoms with van der Waals surface area (Å²) in [4.78, 5) is 24.5. The van der Waals surface area contributed by atoms with E-state index in [-0.39, 0.29) is 12.2 Å². The minimum atomic E-state index is -0.472. The van der Waals surface area contributed by atoms with Crippen LogP contribution in [0.25, 0.3) is 0 Å². The molecule has 0 saturated carbocycles. The number of anilines is 2. The van der Waals surface area contributed by atoms with Crippen LogP contribution in [0.5, 0.6) is 5.75 Å². The van der Waals surface area contributed by atoms with E-state index in [0.717, 1.165) is 5.56 Å². The van der Waals surface area contributed by atoms with Gasteiger partial charge in [-0.1, -0.05) is 12.1 Å². The molecule has 150 valence electrons. The summed E-state index contributed by atoms with van der Waals surface area (Å²) in [6.45, 7) is 2.08. The van der Waals surface area contributed by atoms with Gasteiger partial charge in [-0.25, -0.2) is 9.07 Å². The lowest BCUT2D eigenvalue weighted by Crippen LogP contribution is -2.23. The summed E-state index contributed by atoms with van der Waals surface area (Å²) in [7, 11) is 1.55. The van der Waals surface area contributed by atoms with Crippen LogP contribution in [0.4, 0.5) is 15.9 Å². The maximum absolute atomic E-state index is 13.4. The zero-order valence-corrected chi connectivity index (χ0v) is 16.1. The first-order valence-corrected chi connectivity index (χ1v) is 8.95. The van der Waals surface area contributed by atoms with E-state index in [1.807, 2.05) is 0 Å². The van der Waals surface area contributed by atoms with E-state index in [1.54, 1.807) is 61.3 Å². The molecule has 7 nitrogen and oxygen atoms in total. The molecule has 0 atom stereocenters. The van der Waals surface area contributed by atoms with Crippen molar-refractivity contribution in [1.29, 1.82) is 0 Å². The van der Waals surface area contributed by atoms with Crippen molar-refractivity contribution < 1.29 is 18.7 Å². The Morgan fingerprint density at radius 3 is 2.52 bits per heavy atom. The molecular weight excluding hydrogens is 375 g/mol. The molecule has 2 N–H and O–H groups in total. The molecule has 0 aliphatic rings. The van der Waals surface area contributed by atoms with Gasteiger partial charge < -0.3 is 15.4 Å². The number of amides is 2. The van der Waals surface area contributed by atoms with Gasteiger partial charge in [-0.2, -0.15) is 5.10 Å². The number of nitrogens with one attached hydrogen (secondary N) is 2. The Hall–Kier alpha value is -3.68. The number of hydrogen-bond acceptors (Lipinski definition) is 4. The van der Waals surface area contributed by atoms with Crippen molar-refractivity contribution in [1.82, 2.24) is 9.78 Å². The Bertz CT molecular complexity index is 1020. The average Bonchev–Trinajstić information content (AvgIpc) is 3.02. The maximum atomic E-state index is 13.4. The first kappa shape index (κ1) is 20.1. The summed E-state index contributed by atoms with van der Waals surface area (Å²) in [6.07, 6.45) is 1.25. The molecule has 2 amide bonds. The SMILES string of the molecule is COc1ccc(NC(=O)CC(=O)Nc2c(C)cnn2Cc2cccc(F)c2)cc1. The predicted octanol–water partition coefficient (Wildman–Crippen LogP) is 3.35. The second-order valence-corrected chi connectivity index (χ2v) is 6.47. The number of ether oxygens (including phenoxy) is 1. The molecule has 8 heteroatoms. The lowest BCUT2D eigenvalue weighted by Gasteiger charge is -2.11. The smallest absolute Gasteiger partial charge is 0.234 e. The number of carbonyl (C=O) groups is 2. The van der Waals surface area contributed by atoms with Gasteiger partial charge in [0.15, 0.2) is 0 Å². The van der Waals surface area contributed by atoms with Crippen molar-refractivity contribution in [3.05, 3.63) is 71.7 Å². The molecule has 29 heavy (non-hydrogen) atoms. The molecule has 0 saturated heterocycles. The Labute approximate surface area is 167 Å². The van der Waals surface area contributed by atoms with Gasteiger partial charge in [0, 0.05) is 11.3 Å². The molecular formula is C21H21FN4O3. The summed E-state index contributed by atoms with van der Waals surface area (Å²) < 4.78 is 20.0. The number of halogens is 1. The van der Waals surface area contributed by atoms with Crippen LogP contribution in [0, 0.1) is 12.7 Å². The molecule has 0 bridgehead atoms. The number of rotatable bonds is 7. The summed E-state index contributed by atoms with van der Waals surface area (Å²) in [6, 6.07) is 13.0. The third kappa shape index (κ3) is 5.41. The molecule has 2 aromatic carbocycles. The molecule has 1 heterocycles. The summed E-state index contributed by atoms with van der Waals surface area (Å²) in [5, 5.41) is 9.60. The summed E-state index contributed by atoms with van der Waals surface area (Å²) in [5.41, 5.74) is 2.02. The fraction of sp³-hybridized carbons (Fsp3) is 0.190. The van der Waals surface area contributed by atoms with E-state index in [1.165, 1.54) is 12.1 Å². The van der Waals surface area contributed by atoms with Crippen molar-refractivity contribution >= 4 is 23.3 Å². The van der Waals surface area contributed by atoms with Gasteiger partial charge in [0.2, 0.25) is 11.8 Å². The largest absolute Gasteiger partial charge is 0.497 e. The summed E-state index contributed by atoms with van der Waals surface area (Å²) >= 11 is 0. The van der Waals surface area contributed by atoms with Gasteiger partial charge in [-0.15, -0.1) is 0 Å². The molecule has 3 rings (SSSR count). The quantitative estimate of drug-likeness (QED) is 0.600. The number of methoxy groups -OCH3 is 1. The molecule has 1 aromatic heterocycles. The standard InChI is InChI=1S/C21H21FN4O3/c1-14-12-23-26(13-15-4-3-5-16(22)10-15)21(14)25-20(28)11-19(27)24-17-6-8-18(29-2)9-7-17/h3-10,12H,11,13H2,1-2H3,(H,24,27)(H,25,28). The maximum Gasteiger partial charge on any atom is 0.234 e. The average molecular weight is 396 g/mol. The fourth-order valence-electron chi connectivity index (χ4n) is 2.77. The van der Waals surface area contributed by atoms with Crippen LogP contribution in [0.1, 0.15) is 17.5 Å². The lowest BCUT2D eigenvalue weighted by molar-refractivity contribution is -0.123. The number of aromatic nitrogens is 2. The van der Waals surface area contributed by atoms with E-state index in [4.69, 9.17) is 4.74 Å². The number of hydrogen-bond donors (Lipinski definition) is 2. The highest BCUT2D eigenvalue weighted by Crippen LogP contribution is 2.18. The molecule has 0 radical (unpaired) electrons. The number of benzene rings is 2. The van der Waals surface area contributed by atoms with Gasteiger partial charge >= 0.3 is 0 Å². The minimum Gasteiger partial charge on any atom is -0.497 e. The third-order valence-corrected chi connectivity index (χ3v) is 4.20. The van der Waals surface area contributed by atoms with Crippen molar-refractivity contribution in [2.24, 2.45) is 0 Å². The molecule has 0 aliphatic heterocycles. The van der Waals surface area contributed by atoms with Crippen LogP contribution in [-0.4, -0.2) is 28.7 Å². The third-order valence-electron chi connectivity index (χ3n) is 4.20. The van der Waals surface area contributed by atoms with Gasteiger partial charge in [0.1, 0.15) is 23.8 Å². The molecule has 0 unspecified atom stereocenters. The fourth-order valence-corrected chi connectivity index (χ4v) is 2.77. The normalized spacial score (nSPS) is 10.4. The van der Waals surface area contributed by atoms with E-state index in [0.29, 0.717) is 29.4 Å². The Kier molecular flexibility index (Phi) is 6.23. The number of nitrogens with zero attached hydrogens (tertiary/aromatic N) is 2. The van der Waals surface area contributed by atoms with Crippen LogP contribution in [0.2, 0.25) is 0 Å². The second-order valence-electron chi connectivity index (χ2n) is 6.47. The molecule has 0 fully saturated rings. The van der Waals surface area contributed by atoms with Gasteiger partial charge in [0.05, 0.1) is 19.9 Å². The number of aryl methyl sites for hydroxylation is 1. The predicted molar refractivity (Wildman–Crippen MR) is 107 cm³/mol. The monoisotopic (exact) mass is 396 g/mol. The first-order valence-electron chi connectivity index (χ1n) is 8.95. The van der Waals surface area contributed by atoms with Gasteiger partial charge in [-0.3, -0.25) is 9.59 Å². The highest BCUT2D eigenvalue weighted by atomic mass is 19.1. The highest BCUT2D eigenvalue weighted by molar-refractivity contribution is 6.08. The van der Waals surface area contributed by atoms with Gasteiger partial charge in [-0.05, 0) is 48.9 Å². The topological polar surface area (TPSA) is 85.2 Å². The number of carbonyl (C=O) groups excluding carboxylic acids is 2. The molecule has 3 aromatic rings. The van der Waals surface area contributed by atoms with E-state index in [9.17, 15) is 14.0 Å². The van der Waals surface area contributed by atoms with Crippen LogP contribution >= 0.6 is 0 Å². The van der Waals surface area contributed by atoms with E-state index >= 15 is 0 Å². The van der Waals surface area contributed by atoms with Crippen molar-refractivity contribution in [3.8, 4) is 5.75 Å². The Balaban J connectivity index is 1.61. The molecule has 0 aliphatic carbocycles. The van der Waals surface area contributed by atoms with Crippen molar-refractivity contribution in [3.63, 3.8) is 0 Å². The van der Waals surface area contributed by atoms with Crippen LogP contribution in [-0.2, 0) is 16.1 Å². The zero-order chi connectivity index (χ0) is 20.8.